The molecule has 0 aliphatic heterocycles. The third-order valence-corrected chi connectivity index (χ3v) is 5.87. The van der Waals surface area contributed by atoms with Crippen molar-refractivity contribution in [2.24, 2.45) is 7.05 Å². The molecule has 3 aromatic rings. The summed E-state index contributed by atoms with van der Waals surface area (Å²) < 4.78 is 54.9. The van der Waals surface area contributed by atoms with Gasteiger partial charge in [-0.3, -0.25) is 4.79 Å². The Morgan fingerprint density at radius 2 is 1.65 bits per heavy atom. The van der Waals surface area contributed by atoms with Crippen molar-refractivity contribution in [2.75, 3.05) is 25.3 Å². The van der Waals surface area contributed by atoms with E-state index in [1.54, 1.807) is 11.6 Å². The molecule has 196 valence electrons. The zero-order chi connectivity index (χ0) is 27.2. The van der Waals surface area contributed by atoms with Gasteiger partial charge in [-0.05, 0) is 36.4 Å². The fourth-order valence-electron chi connectivity index (χ4n) is 3.00. The van der Waals surface area contributed by atoms with Gasteiger partial charge < -0.3 is 24.1 Å². The number of ether oxygens (including phenoxy) is 3. The monoisotopic (exact) mass is 538 g/mol. The number of nitrogens with zero attached hydrogens (tertiary/aromatic N) is 3. The molecular weight excluding hydrogens is 517 g/mol. The summed E-state index contributed by atoms with van der Waals surface area (Å²) in [4.78, 5) is 36.3. The van der Waals surface area contributed by atoms with Crippen LogP contribution in [0.1, 0.15) is 32.1 Å². The highest BCUT2D eigenvalue weighted by molar-refractivity contribution is 7.99. The van der Waals surface area contributed by atoms with Gasteiger partial charge in [-0.1, -0.05) is 17.8 Å². The predicted molar refractivity (Wildman–Crippen MR) is 125 cm³/mol. The lowest BCUT2D eigenvalue weighted by atomic mass is 10.1. The topological polar surface area (TPSA) is 122 Å². The summed E-state index contributed by atoms with van der Waals surface area (Å²) in [6.45, 7) is -0.145. The number of carbonyl (C=O) groups is 3. The predicted octanol–water partition coefficient (Wildman–Crippen LogP) is 3.72. The van der Waals surface area contributed by atoms with Gasteiger partial charge in [0.1, 0.15) is 12.4 Å². The van der Waals surface area contributed by atoms with Gasteiger partial charge in [0.15, 0.2) is 11.0 Å². The first kappa shape index (κ1) is 27.5. The lowest BCUT2D eigenvalue weighted by molar-refractivity contribution is -0.137. The summed E-state index contributed by atoms with van der Waals surface area (Å²) >= 11 is 1.04. The van der Waals surface area contributed by atoms with Crippen LogP contribution in [0.3, 0.4) is 0 Å². The normalized spacial score (nSPS) is 11.1. The summed E-state index contributed by atoms with van der Waals surface area (Å²) in [5.41, 5.74) is -0.553. The van der Waals surface area contributed by atoms with Gasteiger partial charge in [-0.25, -0.2) is 9.59 Å². The van der Waals surface area contributed by atoms with Crippen molar-refractivity contribution in [2.45, 2.75) is 17.9 Å². The first-order chi connectivity index (χ1) is 17.5. The minimum atomic E-state index is -4.49. The van der Waals surface area contributed by atoms with Crippen LogP contribution >= 0.6 is 11.8 Å². The van der Waals surface area contributed by atoms with Crippen molar-refractivity contribution >= 4 is 35.3 Å². The second kappa shape index (κ2) is 11.8. The van der Waals surface area contributed by atoms with Crippen LogP contribution in [0.5, 0.6) is 5.75 Å². The maximum absolute atomic E-state index is 12.9. The fraction of sp³-hybridized carbons (Fsp3) is 0.261. The third kappa shape index (κ3) is 7.22. The number of esters is 2. The van der Waals surface area contributed by atoms with Crippen molar-refractivity contribution in [3.63, 3.8) is 0 Å². The van der Waals surface area contributed by atoms with E-state index in [0.717, 1.165) is 23.9 Å². The molecule has 37 heavy (non-hydrogen) atoms. The Hall–Kier alpha value is -4.07. The van der Waals surface area contributed by atoms with Gasteiger partial charge in [-0.2, -0.15) is 13.2 Å². The van der Waals surface area contributed by atoms with Gasteiger partial charge in [0, 0.05) is 12.7 Å². The number of anilines is 1. The zero-order valence-corrected chi connectivity index (χ0v) is 20.6. The van der Waals surface area contributed by atoms with E-state index < -0.39 is 29.6 Å². The Balaban J connectivity index is 1.62. The number of hydrogen-bond acceptors (Lipinski definition) is 9. The highest BCUT2D eigenvalue weighted by Crippen LogP contribution is 2.31. The lowest BCUT2D eigenvalue weighted by Gasteiger charge is -2.10. The van der Waals surface area contributed by atoms with Gasteiger partial charge in [0.05, 0.1) is 36.7 Å². The molecule has 14 heteroatoms. The first-order valence-electron chi connectivity index (χ1n) is 10.4. The number of aromatic nitrogens is 3. The highest BCUT2D eigenvalue weighted by atomic mass is 32.2. The molecule has 10 nitrogen and oxygen atoms in total. The van der Waals surface area contributed by atoms with Crippen LogP contribution in [0.4, 0.5) is 18.9 Å². The minimum Gasteiger partial charge on any atom is -0.486 e. The molecule has 0 radical (unpaired) electrons. The Bertz CT molecular complexity index is 1280. The minimum absolute atomic E-state index is 0.0203. The molecule has 1 amide bonds. The fourth-order valence-corrected chi connectivity index (χ4v) is 3.73. The smallest absolute Gasteiger partial charge is 0.416 e. The van der Waals surface area contributed by atoms with Crippen LogP contribution in [0.15, 0.2) is 47.6 Å². The first-order valence-corrected chi connectivity index (χ1v) is 11.4. The summed E-state index contributed by atoms with van der Waals surface area (Å²) in [6.07, 6.45) is -4.49. The maximum Gasteiger partial charge on any atom is 0.416 e. The molecule has 0 bridgehead atoms. The number of hydrogen-bond donors (Lipinski definition) is 1. The van der Waals surface area contributed by atoms with Gasteiger partial charge in [0.25, 0.3) is 0 Å². The van der Waals surface area contributed by atoms with E-state index in [1.165, 1.54) is 44.6 Å². The van der Waals surface area contributed by atoms with Crippen molar-refractivity contribution < 1.29 is 41.8 Å². The number of halogens is 3. The van der Waals surface area contributed by atoms with Crippen LogP contribution in [0.25, 0.3) is 0 Å². The van der Waals surface area contributed by atoms with E-state index in [-0.39, 0.29) is 34.9 Å². The number of alkyl halides is 3. The second-order valence-electron chi connectivity index (χ2n) is 7.39. The van der Waals surface area contributed by atoms with Crippen molar-refractivity contribution in [3.05, 3.63) is 65.0 Å². The maximum atomic E-state index is 12.9. The molecule has 0 saturated carbocycles. The lowest BCUT2D eigenvalue weighted by Crippen LogP contribution is -2.16. The molecule has 2 aromatic carbocycles. The summed E-state index contributed by atoms with van der Waals surface area (Å²) in [5, 5.41) is 10.9. The summed E-state index contributed by atoms with van der Waals surface area (Å²) in [6, 6.07) is 8.45. The molecule has 0 unspecified atom stereocenters. The van der Waals surface area contributed by atoms with Crippen molar-refractivity contribution in [3.8, 4) is 5.75 Å². The number of rotatable bonds is 9. The molecule has 1 heterocycles. The molecule has 0 fully saturated rings. The van der Waals surface area contributed by atoms with Gasteiger partial charge in [0.2, 0.25) is 5.91 Å². The molecular formula is C23H21F3N4O6S. The van der Waals surface area contributed by atoms with Crippen LogP contribution in [0, 0.1) is 0 Å². The standard InChI is InChI=1S/C23H21F3N4O6S/c1-30-18(11-36-17-6-4-5-15(10-17)23(24,25)26)28-29-22(30)37-12-19(31)27-16-8-13(20(32)34-2)7-14(9-16)21(33)35-3/h4-10H,11-12H2,1-3H3,(H,27,31). The van der Waals surface area contributed by atoms with E-state index >= 15 is 0 Å². The van der Waals surface area contributed by atoms with E-state index in [9.17, 15) is 27.6 Å². The quantitative estimate of drug-likeness (QED) is 0.321. The Morgan fingerprint density at radius 1 is 1.00 bits per heavy atom. The van der Waals surface area contributed by atoms with Crippen molar-refractivity contribution in [1.82, 2.24) is 14.8 Å². The Kier molecular flexibility index (Phi) is 8.76. The van der Waals surface area contributed by atoms with E-state index in [0.29, 0.717) is 11.0 Å². The molecule has 1 N–H and O–H groups in total. The van der Waals surface area contributed by atoms with Crippen molar-refractivity contribution in [1.29, 1.82) is 0 Å². The summed E-state index contributed by atoms with van der Waals surface area (Å²) in [7, 11) is 3.98. The number of carbonyl (C=O) groups excluding carboxylic acids is 3. The summed E-state index contributed by atoms with van der Waals surface area (Å²) in [5.74, 6) is -1.62. The molecule has 1 aromatic heterocycles. The van der Waals surface area contributed by atoms with E-state index in [4.69, 9.17) is 4.74 Å². The van der Waals surface area contributed by atoms with Crippen LogP contribution in [-0.2, 0) is 34.1 Å². The average Bonchev–Trinajstić information content (AvgIpc) is 3.23. The molecule has 0 saturated heterocycles. The highest BCUT2D eigenvalue weighted by Gasteiger charge is 2.30. The molecule has 0 spiro atoms. The Morgan fingerprint density at radius 3 is 2.24 bits per heavy atom. The van der Waals surface area contributed by atoms with Gasteiger partial charge >= 0.3 is 18.1 Å². The average molecular weight is 539 g/mol. The number of thioether (sulfide) groups is 1. The molecule has 3 rings (SSSR count). The van der Waals surface area contributed by atoms with Gasteiger partial charge in [-0.15, -0.1) is 10.2 Å². The number of methoxy groups -OCH3 is 2. The van der Waals surface area contributed by atoms with Crippen LogP contribution < -0.4 is 10.1 Å². The number of benzene rings is 2. The number of amides is 1. The van der Waals surface area contributed by atoms with Crippen LogP contribution in [0.2, 0.25) is 0 Å². The third-order valence-electron chi connectivity index (χ3n) is 4.85. The zero-order valence-electron chi connectivity index (χ0n) is 19.8. The van der Waals surface area contributed by atoms with E-state index in [2.05, 4.69) is 25.0 Å². The van der Waals surface area contributed by atoms with E-state index in [1.807, 2.05) is 0 Å². The van der Waals surface area contributed by atoms with Crippen LogP contribution in [-0.4, -0.2) is 52.6 Å². The second-order valence-corrected chi connectivity index (χ2v) is 8.33. The largest absolute Gasteiger partial charge is 0.486 e. The molecule has 0 aliphatic rings. The SMILES string of the molecule is COC(=O)c1cc(NC(=O)CSc2nnc(COc3cccc(C(F)(F)F)c3)n2C)cc(C(=O)OC)c1. The Labute approximate surface area is 213 Å². The number of nitrogens with one attached hydrogen (secondary N) is 1. The molecule has 0 atom stereocenters. The molecule has 0 aliphatic carbocycles.